The first-order chi connectivity index (χ1) is 12.4. The molecule has 1 heterocycles. The number of carbonyl (C=O) groups is 1. The molecule has 1 aromatic heterocycles. The summed E-state index contributed by atoms with van der Waals surface area (Å²) in [6, 6.07) is 12.7. The number of aromatic nitrogens is 2. The molecule has 0 atom stereocenters. The molecule has 0 saturated carbocycles. The highest BCUT2D eigenvalue weighted by atomic mass is 35.5. The molecule has 0 aliphatic heterocycles. The van der Waals surface area contributed by atoms with Crippen LogP contribution in [0.2, 0.25) is 10.0 Å². The summed E-state index contributed by atoms with van der Waals surface area (Å²) in [5.74, 6) is -0.249. The fraction of sp³-hybridized carbons (Fsp3) is 0.158. The minimum atomic E-state index is -0.249. The Morgan fingerprint density at radius 2 is 1.85 bits per heavy atom. The highest BCUT2D eigenvalue weighted by Gasteiger charge is 2.17. The lowest BCUT2D eigenvalue weighted by molar-refractivity contribution is 0.102. The zero-order valence-corrected chi connectivity index (χ0v) is 16.1. The van der Waals surface area contributed by atoms with Crippen molar-refractivity contribution in [3.8, 4) is 5.69 Å². The van der Waals surface area contributed by atoms with E-state index < -0.39 is 0 Å². The largest absolute Gasteiger partial charge is 0.376 e. The quantitative estimate of drug-likeness (QED) is 0.697. The zero-order valence-electron chi connectivity index (χ0n) is 14.6. The van der Waals surface area contributed by atoms with Crippen LogP contribution in [-0.2, 0) is 0 Å². The van der Waals surface area contributed by atoms with Gasteiger partial charge in [0.15, 0.2) is 0 Å². The first kappa shape index (κ1) is 18.3. The number of benzene rings is 2. The Morgan fingerprint density at radius 3 is 2.54 bits per heavy atom. The lowest BCUT2D eigenvalue weighted by Gasteiger charge is -2.18. The van der Waals surface area contributed by atoms with E-state index in [0.29, 0.717) is 21.3 Å². The molecule has 0 spiro atoms. The van der Waals surface area contributed by atoms with Gasteiger partial charge in [0.05, 0.1) is 34.5 Å². The lowest BCUT2D eigenvalue weighted by Crippen LogP contribution is -2.17. The molecule has 0 bridgehead atoms. The first-order valence-corrected chi connectivity index (χ1v) is 8.71. The van der Waals surface area contributed by atoms with Gasteiger partial charge in [0.25, 0.3) is 5.91 Å². The van der Waals surface area contributed by atoms with Gasteiger partial charge in [-0.25, -0.2) is 4.68 Å². The van der Waals surface area contributed by atoms with Gasteiger partial charge in [-0.1, -0.05) is 29.3 Å². The van der Waals surface area contributed by atoms with Crippen molar-refractivity contribution in [2.24, 2.45) is 0 Å². The van der Waals surface area contributed by atoms with Crippen LogP contribution >= 0.6 is 23.2 Å². The molecule has 134 valence electrons. The van der Waals surface area contributed by atoms with E-state index in [-0.39, 0.29) is 5.91 Å². The standard InChI is InChI=1S/C19H18Cl2N4O/c1-12-16(11-22-25(12)15-6-4-5-13(20)9-15)19(26)23-17-10-14(21)7-8-18(17)24(2)3/h4-11H,1-3H3,(H,23,26). The molecule has 0 radical (unpaired) electrons. The summed E-state index contributed by atoms with van der Waals surface area (Å²) in [6.07, 6.45) is 1.55. The second kappa shape index (κ2) is 7.40. The summed E-state index contributed by atoms with van der Waals surface area (Å²) in [5.41, 5.74) is 3.50. The molecule has 0 aliphatic rings. The highest BCUT2D eigenvalue weighted by molar-refractivity contribution is 6.31. The van der Waals surface area contributed by atoms with Crippen LogP contribution in [0, 0.1) is 6.92 Å². The predicted molar refractivity (Wildman–Crippen MR) is 107 cm³/mol. The third-order valence-corrected chi connectivity index (χ3v) is 4.47. The normalized spacial score (nSPS) is 10.7. The van der Waals surface area contributed by atoms with Crippen LogP contribution in [0.25, 0.3) is 5.69 Å². The van der Waals surface area contributed by atoms with Crippen LogP contribution in [0.1, 0.15) is 16.1 Å². The minimum absolute atomic E-state index is 0.249. The number of halogens is 2. The fourth-order valence-electron chi connectivity index (χ4n) is 2.69. The van der Waals surface area contributed by atoms with Gasteiger partial charge in [-0.3, -0.25) is 4.79 Å². The van der Waals surface area contributed by atoms with Crippen molar-refractivity contribution in [2.75, 3.05) is 24.3 Å². The van der Waals surface area contributed by atoms with Gasteiger partial charge in [0.2, 0.25) is 0 Å². The maximum absolute atomic E-state index is 12.8. The Kier molecular flexibility index (Phi) is 5.20. The smallest absolute Gasteiger partial charge is 0.259 e. The van der Waals surface area contributed by atoms with Crippen molar-refractivity contribution in [1.29, 1.82) is 0 Å². The van der Waals surface area contributed by atoms with Crippen LogP contribution in [0.3, 0.4) is 0 Å². The second-order valence-electron chi connectivity index (χ2n) is 6.05. The minimum Gasteiger partial charge on any atom is -0.376 e. The maximum atomic E-state index is 12.8. The van der Waals surface area contributed by atoms with E-state index in [9.17, 15) is 4.79 Å². The maximum Gasteiger partial charge on any atom is 0.259 e. The Balaban J connectivity index is 1.92. The van der Waals surface area contributed by atoms with Gasteiger partial charge in [-0.05, 0) is 43.3 Å². The summed E-state index contributed by atoms with van der Waals surface area (Å²) >= 11 is 12.1. The van der Waals surface area contributed by atoms with Crippen LogP contribution in [0.4, 0.5) is 11.4 Å². The SMILES string of the molecule is Cc1c(C(=O)Nc2cc(Cl)ccc2N(C)C)cnn1-c1cccc(Cl)c1. The van der Waals surface area contributed by atoms with Crippen LogP contribution < -0.4 is 10.2 Å². The molecule has 7 heteroatoms. The zero-order chi connectivity index (χ0) is 18.8. The molecular formula is C19H18Cl2N4O. The monoisotopic (exact) mass is 388 g/mol. The van der Waals surface area contributed by atoms with E-state index in [1.54, 1.807) is 35.1 Å². The highest BCUT2D eigenvalue weighted by Crippen LogP contribution is 2.28. The van der Waals surface area contributed by atoms with E-state index in [2.05, 4.69) is 10.4 Å². The first-order valence-electron chi connectivity index (χ1n) is 7.95. The second-order valence-corrected chi connectivity index (χ2v) is 6.92. The van der Waals surface area contributed by atoms with Crippen molar-refractivity contribution in [2.45, 2.75) is 6.92 Å². The molecule has 26 heavy (non-hydrogen) atoms. The molecule has 1 N–H and O–H groups in total. The molecule has 0 aliphatic carbocycles. The number of anilines is 2. The number of rotatable bonds is 4. The Labute approximate surface area is 162 Å². The number of nitrogens with one attached hydrogen (secondary N) is 1. The summed E-state index contributed by atoms with van der Waals surface area (Å²) in [5, 5.41) is 8.41. The van der Waals surface area contributed by atoms with Crippen molar-refractivity contribution in [3.63, 3.8) is 0 Å². The van der Waals surface area contributed by atoms with Crippen LogP contribution in [0.5, 0.6) is 0 Å². The summed E-state index contributed by atoms with van der Waals surface area (Å²) in [4.78, 5) is 14.7. The Hall–Kier alpha value is -2.50. The van der Waals surface area contributed by atoms with Crippen molar-refractivity contribution >= 4 is 40.5 Å². The molecule has 0 fully saturated rings. The molecule has 1 amide bonds. The van der Waals surface area contributed by atoms with E-state index in [0.717, 1.165) is 17.1 Å². The van der Waals surface area contributed by atoms with Gasteiger partial charge < -0.3 is 10.2 Å². The summed E-state index contributed by atoms with van der Waals surface area (Å²) < 4.78 is 1.69. The van der Waals surface area contributed by atoms with Crippen molar-refractivity contribution < 1.29 is 4.79 Å². The molecule has 3 aromatic rings. The van der Waals surface area contributed by atoms with Gasteiger partial charge >= 0.3 is 0 Å². The van der Waals surface area contributed by atoms with Gasteiger partial charge in [-0.2, -0.15) is 5.10 Å². The van der Waals surface area contributed by atoms with E-state index in [1.807, 2.05) is 44.1 Å². The average molecular weight is 389 g/mol. The lowest BCUT2D eigenvalue weighted by atomic mass is 10.2. The number of hydrogen-bond acceptors (Lipinski definition) is 3. The van der Waals surface area contributed by atoms with E-state index in [4.69, 9.17) is 23.2 Å². The van der Waals surface area contributed by atoms with Crippen LogP contribution in [-0.4, -0.2) is 29.8 Å². The van der Waals surface area contributed by atoms with E-state index >= 15 is 0 Å². The molecule has 0 unspecified atom stereocenters. The molecule has 5 nitrogen and oxygen atoms in total. The number of amides is 1. The van der Waals surface area contributed by atoms with Gasteiger partial charge in [0.1, 0.15) is 0 Å². The van der Waals surface area contributed by atoms with Crippen molar-refractivity contribution in [1.82, 2.24) is 9.78 Å². The van der Waals surface area contributed by atoms with Crippen molar-refractivity contribution in [3.05, 3.63) is 70.0 Å². The predicted octanol–water partition coefficient (Wildman–Crippen LogP) is 4.81. The molecular weight excluding hydrogens is 371 g/mol. The number of carbonyl (C=O) groups excluding carboxylic acids is 1. The molecule has 2 aromatic carbocycles. The fourth-order valence-corrected chi connectivity index (χ4v) is 3.05. The summed E-state index contributed by atoms with van der Waals surface area (Å²) in [6.45, 7) is 1.84. The third-order valence-electron chi connectivity index (χ3n) is 4.00. The van der Waals surface area contributed by atoms with E-state index in [1.165, 1.54) is 0 Å². The van der Waals surface area contributed by atoms with Crippen LogP contribution in [0.15, 0.2) is 48.7 Å². The molecule has 0 saturated heterocycles. The topological polar surface area (TPSA) is 50.2 Å². The average Bonchev–Trinajstić information content (AvgIpc) is 2.96. The van der Waals surface area contributed by atoms with Gasteiger partial charge in [0, 0.05) is 24.1 Å². The third kappa shape index (κ3) is 3.69. The number of hydrogen-bond donors (Lipinski definition) is 1. The van der Waals surface area contributed by atoms with Gasteiger partial charge in [-0.15, -0.1) is 0 Å². The molecule has 3 rings (SSSR count). The summed E-state index contributed by atoms with van der Waals surface area (Å²) in [7, 11) is 3.81. The Bertz CT molecular complexity index is 966. The number of nitrogens with zero attached hydrogens (tertiary/aromatic N) is 3. The Morgan fingerprint density at radius 1 is 1.12 bits per heavy atom.